The van der Waals surface area contributed by atoms with Crippen LogP contribution in [-0.4, -0.2) is 61.5 Å². The number of rotatable bonds is 5. The zero-order valence-electron chi connectivity index (χ0n) is 14.4. The third kappa shape index (κ3) is 4.08. The molecule has 2 aromatic rings. The van der Waals surface area contributed by atoms with Gasteiger partial charge in [0.05, 0.1) is 24.4 Å². The Kier molecular flexibility index (Phi) is 5.21. The summed E-state index contributed by atoms with van der Waals surface area (Å²) < 4.78 is 16.1. The molecule has 2 fully saturated rings. The van der Waals surface area contributed by atoms with Crippen molar-refractivity contribution in [3.8, 4) is 5.75 Å². The first-order valence-corrected chi connectivity index (χ1v) is 9.60. The fraction of sp³-hybridized carbons (Fsp3) is 0.444. The van der Waals surface area contributed by atoms with Gasteiger partial charge in [-0.2, -0.15) is 0 Å². The van der Waals surface area contributed by atoms with Gasteiger partial charge in [-0.25, -0.2) is 9.78 Å². The number of ether oxygens (including phenoxy) is 3. The van der Waals surface area contributed by atoms with Crippen LogP contribution in [0.2, 0.25) is 0 Å². The number of carbonyl (C=O) groups is 1. The molecule has 1 aromatic heterocycles. The highest BCUT2D eigenvalue weighted by molar-refractivity contribution is 7.07. The first kappa shape index (κ1) is 17.1. The van der Waals surface area contributed by atoms with Crippen molar-refractivity contribution in [3.05, 3.63) is 40.8 Å². The molecular formula is C18H21N3O4S. The van der Waals surface area contributed by atoms with Crippen molar-refractivity contribution >= 4 is 23.1 Å². The van der Waals surface area contributed by atoms with Crippen LogP contribution in [0.3, 0.4) is 0 Å². The highest BCUT2D eigenvalue weighted by Gasteiger charge is 2.28. The molecule has 0 aliphatic carbocycles. The summed E-state index contributed by atoms with van der Waals surface area (Å²) in [5.41, 5.74) is 3.87. The molecule has 0 unspecified atom stereocenters. The van der Waals surface area contributed by atoms with Crippen LogP contribution < -0.4 is 9.64 Å². The minimum absolute atomic E-state index is 0.0719. The van der Waals surface area contributed by atoms with E-state index in [0.717, 1.165) is 30.2 Å². The SMILES string of the molecule is O=C(OC1COC1)N1CCN(c2ccc(OCc3cscn3)cc2)CC1. The van der Waals surface area contributed by atoms with Crippen molar-refractivity contribution in [2.45, 2.75) is 12.7 Å². The van der Waals surface area contributed by atoms with E-state index in [0.29, 0.717) is 32.9 Å². The number of aromatic nitrogens is 1. The quantitative estimate of drug-likeness (QED) is 0.800. The minimum atomic E-state index is -0.233. The number of thiazole rings is 1. The van der Waals surface area contributed by atoms with Gasteiger partial charge in [0.1, 0.15) is 12.4 Å². The summed E-state index contributed by atoms with van der Waals surface area (Å²) in [5, 5.41) is 1.98. The molecular weight excluding hydrogens is 354 g/mol. The Morgan fingerprint density at radius 3 is 2.58 bits per heavy atom. The Morgan fingerprint density at radius 1 is 1.19 bits per heavy atom. The largest absolute Gasteiger partial charge is 0.487 e. The molecule has 7 nitrogen and oxygen atoms in total. The molecule has 0 bridgehead atoms. The van der Waals surface area contributed by atoms with Crippen LogP contribution in [0, 0.1) is 0 Å². The van der Waals surface area contributed by atoms with Crippen molar-refractivity contribution in [1.82, 2.24) is 9.88 Å². The van der Waals surface area contributed by atoms with Gasteiger partial charge in [0.15, 0.2) is 6.10 Å². The molecule has 0 atom stereocenters. The maximum absolute atomic E-state index is 12.1. The van der Waals surface area contributed by atoms with Crippen molar-refractivity contribution in [2.24, 2.45) is 0 Å². The number of benzene rings is 1. The fourth-order valence-corrected chi connectivity index (χ4v) is 3.41. The van der Waals surface area contributed by atoms with E-state index in [-0.39, 0.29) is 12.2 Å². The predicted molar refractivity (Wildman–Crippen MR) is 97.8 cm³/mol. The maximum atomic E-state index is 12.1. The molecule has 4 rings (SSSR count). The zero-order chi connectivity index (χ0) is 17.8. The molecule has 0 saturated carbocycles. The smallest absolute Gasteiger partial charge is 0.410 e. The molecule has 3 heterocycles. The molecule has 8 heteroatoms. The predicted octanol–water partition coefficient (Wildman–Crippen LogP) is 2.38. The Morgan fingerprint density at radius 2 is 1.96 bits per heavy atom. The van der Waals surface area contributed by atoms with E-state index >= 15 is 0 Å². The number of carbonyl (C=O) groups excluding carboxylic acids is 1. The normalized spacial score (nSPS) is 17.7. The summed E-state index contributed by atoms with van der Waals surface area (Å²) in [5.74, 6) is 0.826. The zero-order valence-corrected chi connectivity index (χ0v) is 15.2. The van der Waals surface area contributed by atoms with Gasteiger partial charge >= 0.3 is 6.09 Å². The second-order valence-corrected chi connectivity index (χ2v) is 7.00. The highest BCUT2D eigenvalue weighted by Crippen LogP contribution is 2.22. The van der Waals surface area contributed by atoms with E-state index in [1.165, 1.54) is 0 Å². The molecule has 1 aromatic carbocycles. The van der Waals surface area contributed by atoms with Crippen molar-refractivity contribution < 1.29 is 19.0 Å². The third-order valence-corrected chi connectivity index (χ3v) is 5.12. The van der Waals surface area contributed by atoms with Gasteiger partial charge in [-0.1, -0.05) is 0 Å². The Bertz CT molecular complexity index is 711. The Hall–Kier alpha value is -2.32. The summed E-state index contributed by atoms with van der Waals surface area (Å²) in [6.45, 7) is 4.41. The van der Waals surface area contributed by atoms with Gasteiger partial charge in [-0.15, -0.1) is 11.3 Å². The Balaban J connectivity index is 1.25. The summed E-state index contributed by atoms with van der Waals surface area (Å²) in [4.78, 5) is 20.3. The summed E-state index contributed by atoms with van der Waals surface area (Å²) in [7, 11) is 0. The van der Waals surface area contributed by atoms with Crippen LogP contribution in [0.1, 0.15) is 5.69 Å². The summed E-state index contributed by atoms with van der Waals surface area (Å²) >= 11 is 1.56. The van der Waals surface area contributed by atoms with Crippen molar-refractivity contribution in [1.29, 1.82) is 0 Å². The van der Waals surface area contributed by atoms with Crippen LogP contribution in [0.25, 0.3) is 0 Å². The number of nitrogens with zero attached hydrogens (tertiary/aromatic N) is 3. The summed E-state index contributed by atoms with van der Waals surface area (Å²) in [6, 6.07) is 8.05. The van der Waals surface area contributed by atoms with E-state index in [1.54, 1.807) is 21.7 Å². The first-order chi connectivity index (χ1) is 12.8. The van der Waals surface area contributed by atoms with Gasteiger partial charge in [-0.05, 0) is 24.3 Å². The van der Waals surface area contributed by atoms with Gasteiger partial charge in [-0.3, -0.25) is 0 Å². The number of piperazine rings is 1. The fourth-order valence-electron chi connectivity index (χ4n) is 2.87. The number of hydrogen-bond acceptors (Lipinski definition) is 7. The van der Waals surface area contributed by atoms with Gasteiger partial charge < -0.3 is 24.0 Å². The standard InChI is InChI=1S/C18H21N3O4S/c22-18(25-17-10-23-11-17)21-7-5-20(6-8-21)15-1-3-16(4-2-15)24-9-14-12-26-13-19-14/h1-4,12-13,17H,5-11H2. The van der Waals surface area contributed by atoms with Crippen molar-refractivity contribution in [2.75, 3.05) is 44.3 Å². The minimum Gasteiger partial charge on any atom is -0.487 e. The van der Waals surface area contributed by atoms with Crippen LogP contribution in [-0.2, 0) is 16.1 Å². The van der Waals surface area contributed by atoms with Crippen LogP contribution in [0.5, 0.6) is 5.75 Å². The molecule has 0 radical (unpaired) electrons. The number of hydrogen-bond donors (Lipinski definition) is 0. The molecule has 0 N–H and O–H groups in total. The van der Waals surface area contributed by atoms with Gasteiger partial charge in [0.25, 0.3) is 0 Å². The highest BCUT2D eigenvalue weighted by atomic mass is 32.1. The average Bonchev–Trinajstić information content (AvgIpc) is 3.17. The molecule has 2 aliphatic heterocycles. The Labute approximate surface area is 156 Å². The van der Waals surface area contributed by atoms with E-state index in [4.69, 9.17) is 14.2 Å². The lowest BCUT2D eigenvalue weighted by molar-refractivity contribution is -0.104. The molecule has 2 aliphatic rings. The molecule has 26 heavy (non-hydrogen) atoms. The van der Waals surface area contributed by atoms with E-state index < -0.39 is 0 Å². The molecule has 2 saturated heterocycles. The van der Waals surface area contributed by atoms with E-state index in [2.05, 4.69) is 22.0 Å². The molecule has 0 spiro atoms. The lowest BCUT2D eigenvalue weighted by atomic mass is 10.2. The lowest BCUT2D eigenvalue weighted by Crippen LogP contribution is -2.51. The second kappa shape index (κ2) is 7.92. The number of anilines is 1. The third-order valence-electron chi connectivity index (χ3n) is 4.48. The molecule has 138 valence electrons. The summed E-state index contributed by atoms with van der Waals surface area (Å²) in [6.07, 6.45) is -0.305. The van der Waals surface area contributed by atoms with Gasteiger partial charge in [0, 0.05) is 37.2 Å². The first-order valence-electron chi connectivity index (χ1n) is 8.66. The molecule has 1 amide bonds. The average molecular weight is 375 g/mol. The van der Waals surface area contributed by atoms with E-state index in [1.807, 2.05) is 17.5 Å². The van der Waals surface area contributed by atoms with Crippen LogP contribution >= 0.6 is 11.3 Å². The monoisotopic (exact) mass is 375 g/mol. The van der Waals surface area contributed by atoms with Crippen LogP contribution in [0.15, 0.2) is 35.2 Å². The lowest BCUT2D eigenvalue weighted by Gasteiger charge is -2.37. The van der Waals surface area contributed by atoms with E-state index in [9.17, 15) is 4.79 Å². The van der Waals surface area contributed by atoms with Crippen LogP contribution in [0.4, 0.5) is 10.5 Å². The number of amides is 1. The topological polar surface area (TPSA) is 64.1 Å². The second-order valence-electron chi connectivity index (χ2n) is 6.28. The van der Waals surface area contributed by atoms with Gasteiger partial charge in [0.2, 0.25) is 0 Å². The van der Waals surface area contributed by atoms with Crippen molar-refractivity contribution in [3.63, 3.8) is 0 Å². The maximum Gasteiger partial charge on any atom is 0.410 e.